The highest BCUT2D eigenvalue weighted by molar-refractivity contribution is 7.54. The number of carbonyl (C=O) groups excluding carboxylic acids is 1. The summed E-state index contributed by atoms with van der Waals surface area (Å²) in [6, 6.07) is -0.405. The lowest BCUT2D eigenvalue weighted by molar-refractivity contribution is -0.164. The number of hydrogen-bond acceptors (Lipinski definition) is 7. The topological polar surface area (TPSA) is 83.1 Å². The summed E-state index contributed by atoms with van der Waals surface area (Å²) in [5.41, 5.74) is 1.75. The fourth-order valence-corrected chi connectivity index (χ4v) is 6.02. The number of ether oxygens (including phenoxy) is 1. The molecule has 174 valence electrons. The molecule has 0 aromatic carbocycles. The normalized spacial score (nSPS) is 16.3. The van der Waals surface area contributed by atoms with E-state index in [0.717, 1.165) is 12.8 Å². The summed E-state index contributed by atoms with van der Waals surface area (Å²) in [5.74, 6) is -0.427. The Kier molecular flexibility index (Phi) is 12.2. The molecule has 0 aromatic heterocycles. The van der Waals surface area contributed by atoms with Crippen molar-refractivity contribution in [3.63, 3.8) is 0 Å². The fourth-order valence-electron chi connectivity index (χ4n) is 3.09. The summed E-state index contributed by atoms with van der Waals surface area (Å²) < 4.78 is 30.4. The van der Waals surface area contributed by atoms with E-state index in [-0.39, 0.29) is 18.6 Å². The van der Waals surface area contributed by atoms with Crippen LogP contribution >= 0.6 is 7.60 Å². The minimum absolute atomic E-state index is 0.279. The average molecular weight is 438 g/mol. The van der Waals surface area contributed by atoms with Gasteiger partial charge in [0.15, 0.2) is 6.10 Å². The Balaban J connectivity index is 5.68. The summed E-state index contributed by atoms with van der Waals surface area (Å²) in [5, 5.41) is 0. The quantitative estimate of drug-likeness (QED) is 0.180. The highest BCUT2D eigenvalue weighted by atomic mass is 31.2. The maximum absolute atomic E-state index is 13.8. The number of hydroxylamine groups is 1. The predicted molar refractivity (Wildman–Crippen MR) is 117 cm³/mol. The van der Waals surface area contributed by atoms with Gasteiger partial charge in [-0.3, -0.25) is 9.40 Å². The largest absolute Gasteiger partial charge is 0.464 e. The Morgan fingerprint density at radius 1 is 0.966 bits per heavy atom. The van der Waals surface area contributed by atoms with E-state index in [0.29, 0.717) is 6.61 Å². The van der Waals surface area contributed by atoms with E-state index in [1.54, 1.807) is 20.8 Å². The molecule has 0 aliphatic rings. The molecule has 3 atom stereocenters. The molecule has 0 spiro atoms. The van der Waals surface area contributed by atoms with Crippen LogP contribution in [0.4, 0.5) is 0 Å². The number of esters is 1. The minimum Gasteiger partial charge on any atom is -0.464 e. The Hall–Kier alpha value is -0.460. The molecule has 0 radical (unpaired) electrons. The monoisotopic (exact) mass is 437 g/mol. The zero-order valence-corrected chi connectivity index (χ0v) is 21.1. The van der Waals surface area contributed by atoms with Crippen LogP contribution in [0.2, 0.25) is 0 Å². The molecular formula is C21H44NO6P. The van der Waals surface area contributed by atoms with Gasteiger partial charge in [-0.05, 0) is 38.0 Å². The van der Waals surface area contributed by atoms with Crippen LogP contribution in [0.25, 0.3) is 0 Å². The van der Waals surface area contributed by atoms with E-state index in [1.807, 2.05) is 48.5 Å². The molecule has 0 saturated heterocycles. The van der Waals surface area contributed by atoms with Crippen molar-refractivity contribution in [3.8, 4) is 0 Å². The second-order valence-electron chi connectivity index (χ2n) is 9.43. The number of rotatable bonds is 13. The average Bonchev–Trinajstić information content (AvgIpc) is 2.56. The van der Waals surface area contributed by atoms with Gasteiger partial charge in [-0.25, -0.2) is 4.79 Å². The fraction of sp³-hybridized carbons (Fsp3) is 0.952. The Bertz CT molecular complexity index is 516. The third-order valence-corrected chi connectivity index (χ3v) is 7.53. The first kappa shape index (κ1) is 28.5. The zero-order chi connectivity index (χ0) is 22.9. The first-order valence-corrected chi connectivity index (χ1v) is 12.3. The van der Waals surface area contributed by atoms with E-state index in [1.165, 1.54) is 0 Å². The smallest absolute Gasteiger partial charge is 0.337 e. The summed E-state index contributed by atoms with van der Waals surface area (Å²) in [4.78, 5) is 17.9. The maximum Gasteiger partial charge on any atom is 0.337 e. The van der Waals surface area contributed by atoms with Crippen LogP contribution in [0.15, 0.2) is 0 Å². The van der Waals surface area contributed by atoms with E-state index < -0.39 is 36.8 Å². The third-order valence-electron chi connectivity index (χ3n) is 4.54. The van der Waals surface area contributed by atoms with E-state index in [9.17, 15) is 9.36 Å². The molecule has 0 aromatic rings. The van der Waals surface area contributed by atoms with Gasteiger partial charge >= 0.3 is 13.6 Å². The van der Waals surface area contributed by atoms with Crippen molar-refractivity contribution < 1.29 is 28.0 Å². The van der Waals surface area contributed by atoms with Crippen LogP contribution in [0.5, 0.6) is 0 Å². The minimum atomic E-state index is -3.47. The lowest BCUT2D eigenvalue weighted by Gasteiger charge is -2.45. The van der Waals surface area contributed by atoms with Crippen LogP contribution < -0.4 is 5.48 Å². The SMILES string of the molecule is CCCCOC(=O)C(C)ONC(C(C(C)(C)C)P(=O)(OCC)OCC)C(C)(C)C. The first-order valence-electron chi connectivity index (χ1n) is 10.7. The third kappa shape index (κ3) is 9.48. The molecule has 0 aliphatic heterocycles. The molecule has 0 saturated carbocycles. The van der Waals surface area contributed by atoms with Crippen molar-refractivity contribution in [1.29, 1.82) is 0 Å². The Morgan fingerprint density at radius 3 is 1.86 bits per heavy atom. The van der Waals surface area contributed by atoms with Gasteiger partial charge in [0.25, 0.3) is 0 Å². The Labute approximate surface area is 178 Å². The first-order chi connectivity index (χ1) is 13.2. The van der Waals surface area contributed by atoms with Crippen LogP contribution in [-0.2, 0) is 28.0 Å². The van der Waals surface area contributed by atoms with Crippen molar-refractivity contribution in [2.45, 2.75) is 99.9 Å². The summed E-state index contributed by atoms with van der Waals surface area (Å²) >= 11 is 0. The second kappa shape index (κ2) is 12.4. The highest BCUT2D eigenvalue weighted by Gasteiger charge is 2.52. The summed E-state index contributed by atoms with van der Waals surface area (Å²) in [6.45, 7) is 20.3. The van der Waals surface area contributed by atoms with Gasteiger partial charge in [0.1, 0.15) is 0 Å². The van der Waals surface area contributed by atoms with Gasteiger partial charge in [-0.1, -0.05) is 54.9 Å². The van der Waals surface area contributed by atoms with Crippen molar-refractivity contribution in [2.24, 2.45) is 10.8 Å². The van der Waals surface area contributed by atoms with Gasteiger partial charge in [0.05, 0.1) is 31.5 Å². The van der Waals surface area contributed by atoms with Crippen LogP contribution in [-0.4, -0.2) is 43.6 Å². The van der Waals surface area contributed by atoms with Crippen LogP contribution in [0.1, 0.15) is 82.1 Å². The molecule has 0 amide bonds. The lowest BCUT2D eigenvalue weighted by Crippen LogP contribution is -2.54. The highest BCUT2D eigenvalue weighted by Crippen LogP contribution is 2.61. The standard InChI is InChI=1S/C21H44NO6P/c1-11-14-15-25-19(23)16(4)28-22-17(20(5,6)7)18(21(8,9)10)29(24,26-12-2)27-13-3/h16-18,22H,11-15H2,1-10H3. The molecule has 0 bridgehead atoms. The molecule has 8 heteroatoms. The van der Waals surface area contributed by atoms with Gasteiger partial charge < -0.3 is 13.8 Å². The number of hydrogen-bond donors (Lipinski definition) is 1. The molecular weight excluding hydrogens is 393 g/mol. The van der Waals surface area contributed by atoms with Crippen LogP contribution in [0, 0.1) is 10.8 Å². The van der Waals surface area contributed by atoms with Gasteiger partial charge in [-0.15, -0.1) is 0 Å². The molecule has 1 N–H and O–H groups in total. The maximum atomic E-state index is 13.8. The predicted octanol–water partition coefficient (Wildman–Crippen LogP) is 5.33. The van der Waals surface area contributed by atoms with Crippen LogP contribution in [0.3, 0.4) is 0 Å². The van der Waals surface area contributed by atoms with Gasteiger partial charge in [-0.2, -0.15) is 5.48 Å². The van der Waals surface area contributed by atoms with Crippen molar-refractivity contribution >= 4 is 13.6 Å². The molecule has 3 unspecified atom stereocenters. The summed E-state index contributed by atoms with van der Waals surface area (Å²) in [7, 11) is -3.47. The molecule has 29 heavy (non-hydrogen) atoms. The van der Waals surface area contributed by atoms with Gasteiger partial charge in [0.2, 0.25) is 0 Å². The van der Waals surface area contributed by atoms with Crippen molar-refractivity contribution in [2.75, 3.05) is 19.8 Å². The van der Waals surface area contributed by atoms with E-state index in [2.05, 4.69) is 5.48 Å². The lowest BCUT2D eigenvalue weighted by atomic mass is 9.76. The molecule has 0 fully saturated rings. The number of carbonyl (C=O) groups is 1. The molecule has 0 aliphatic carbocycles. The van der Waals surface area contributed by atoms with Crippen molar-refractivity contribution in [3.05, 3.63) is 0 Å². The molecule has 7 nitrogen and oxygen atoms in total. The zero-order valence-electron chi connectivity index (χ0n) is 20.2. The Morgan fingerprint density at radius 2 is 1.48 bits per heavy atom. The van der Waals surface area contributed by atoms with E-state index in [4.69, 9.17) is 18.6 Å². The summed E-state index contributed by atoms with van der Waals surface area (Å²) in [6.07, 6.45) is 0.967. The second-order valence-corrected chi connectivity index (χ2v) is 11.6. The van der Waals surface area contributed by atoms with E-state index >= 15 is 0 Å². The van der Waals surface area contributed by atoms with Gasteiger partial charge in [0, 0.05) is 0 Å². The molecule has 0 heterocycles. The number of unbranched alkanes of at least 4 members (excludes halogenated alkanes) is 1. The molecule has 0 rings (SSSR count). The number of nitrogens with one attached hydrogen (secondary N) is 1. The van der Waals surface area contributed by atoms with Crippen molar-refractivity contribution in [1.82, 2.24) is 5.48 Å².